The van der Waals surface area contributed by atoms with E-state index in [4.69, 9.17) is 5.11 Å². The summed E-state index contributed by atoms with van der Waals surface area (Å²) in [4.78, 5) is 18.1. The van der Waals surface area contributed by atoms with Gasteiger partial charge in [-0.15, -0.1) is 11.8 Å². The molecule has 6 heteroatoms. The maximum Gasteiger partial charge on any atom is 0.303 e. The number of rotatable bonds is 8. The van der Waals surface area contributed by atoms with Gasteiger partial charge in [-0.25, -0.2) is 0 Å². The van der Waals surface area contributed by atoms with E-state index in [1.165, 1.54) is 0 Å². The Labute approximate surface area is 168 Å². The van der Waals surface area contributed by atoms with Crippen LogP contribution in [0.2, 0.25) is 0 Å². The van der Waals surface area contributed by atoms with Crippen LogP contribution in [0.1, 0.15) is 24.8 Å². The lowest BCUT2D eigenvalue weighted by Gasteiger charge is -2.23. The second-order valence-corrected chi connectivity index (χ2v) is 7.53. The van der Waals surface area contributed by atoms with E-state index >= 15 is 0 Å². The number of carboxylic acid groups (broad SMARTS) is 1. The van der Waals surface area contributed by atoms with Gasteiger partial charge in [0.1, 0.15) is 0 Å². The number of nitriles is 1. The molecule has 3 aromatic rings. The number of aromatic nitrogens is 1. The van der Waals surface area contributed by atoms with Crippen LogP contribution >= 0.6 is 11.8 Å². The Morgan fingerprint density at radius 2 is 1.93 bits per heavy atom. The molecule has 2 aromatic carbocycles. The zero-order valence-electron chi connectivity index (χ0n) is 15.6. The van der Waals surface area contributed by atoms with Crippen molar-refractivity contribution in [3.05, 3.63) is 60.4 Å². The van der Waals surface area contributed by atoms with Gasteiger partial charge in [-0.05, 0) is 36.8 Å². The summed E-state index contributed by atoms with van der Waals surface area (Å²) in [6, 6.07) is 16.0. The minimum Gasteiger partial charge on any atom is -0.481 e. The number of pyridine rings is 1. The van der Waals surface area contributed by atoms with Crippen LogP contribution in [0.3, 0.4) is 0 Å². The number of benzene rings is 2. The normalized spacial score (nSPS) is 10.6. The summed E-state index contributed by atoms with van der Waals surface area (Å²) >= 11 is 1.71. The second-order valence-electron chi connectivity index (χ2n) is 6.39. The highest BCUT2D eigenvalue weighted by Gasteiger charge is 2.14. The molecule has 28 heavy (non-hydrogen) atoms. The van der Waals surface area contributed by atoms with Gasteiger partial charge in [0.2, 0.25) is 0 Å². The molecular formula is C22H21N3O2S. The van der Waals surface area contributed by atoms with Gasteiger partial charge < -0.3 is 10.0 Å². The highest BCUT2D eigenvalue weighted by molar-refractivity contribution is 7.99. The van der Waals surface area contributed by atoms with E-state index in [1.54, 1.807) is 18.0 Å². The highest BCUT2D eigenvalue weighted by atomic mass is 32.2. The van der Waals surface area contributed by atoms with Crippen molar-refractivity contribution in [3.63, 3.8) is 0 Å². The van der Waals surface area contributed by atoms with Crippen molar-refractivity contribution in [2.24, 2.45) is 0 Å². The summed E-state index contributed by atoms with van der Waals surface area (Å²) in [6.45, 7) is 0. The molecule has 0 saturated carbocycles. The van der Waals surface area contributed by atoms with Crippen molar-refractivity contribution in [2.75, 3.05) is 17.7 Å². The molecule has 0 aliphatic heterocycles. The summed E-state index contributed by atoms with van der Waals surface area (Å²) in [6.07, 6.45) is 5.35. The molecule has 0 atom stereocenters. The molecule has 1 aromatic heterocycles. The molecule has 0 saturated heterocycles. The van der Waals surface area contributed by atoms with Crippen LogP contribution in [0.25, 0.3) is 10.8 Å². The van der Waals surface area contributed by atoms with Gasteiger partial charge in [0.15, 0.2) is 0 Å². The second kappa shape index (κ2) is 9.25. The SMILES string of the molecule is CN(c1cnccc1SCCCCC(=O)O)c1ccc(C#N)c2ccccc12. The first-order chi connectivity index (χ1) is 13.6. The summed E-state index contributed by atoms with van der Waals surface area (Å²) in [5, 5.41) is 20.1. The number of hydrogen-bond acceptors (Lipinski definition) is 5. The standard InChI is InChI=1S/C22H21N3O2S/c1-25(19-10-9-16(14-23)17-6-2-3-7-18(17)19)20-15-24-12-11-21(20)28-13-5-4-8-22(26)27/h2-3,6-7,9-12,15H,4-5,8,13H2,1H3,(H,26,27). The van der Waals surface area contributed by atoms with Crippen molar-refractivity contribution < 1.29 is 9.90 Å². The van der Waals surface area contributed by atoms with Gasteiger partial charge in [-0.2, -0.15) is 5.26 Å². The third-order valence-electron chi connectivity index (χ3n) is 4.55. The van der Waals surface area contributed by atoms with E-state index in [0.29, 0.717) is 12.0 Å². The van der Waals surface area contributed by atoms with Crippen molar-refractivity contribution >= 4 is 39.9 Å². The first-order valence-electron chi connectivity index (χ1n) is 9.06. The van der Waals surface area contributed by atoms with E-state index in [2.05, 4.69) is 16.0 Å². The van der Waals surface area contributed by atoms with Gasteiger partial charge >= 0.3 is 5.97 Å². The Hall–Kier alpha value is -3.04. The van der Waals surface area contributed by atoms with Gasteiger partial charge in [-0.1, -0.05) is 24.3 Å². The fourth-order valence-electron chi connectivity index (χ4n) is 3.11. The number of fused-ring (bicyclic) bond motifs is 1. The zero-order chi connectivity index (χ0) is 19.9. The number of nitrogens with zero attached hydrogens (tertiary/aromatic N) is 3. The molecule has 0 radical (unpaired) electrons. The topological polar surface area (TPSA) is 77.2 Å². The van der Waals surface area contributed by atoms with Crippen LogP contribution in [0, 0.1) is 11.3 Å². The van der Waals surface area contributed by atoms with Crippen molar-refractivity contribution in [3.8, 4) is 6.07 Å². The fraction of sp³-hybridized carbons (Fsp3) is 0.227. The maximum absolute atomic E-state index is 10.6. The Morgan fingerprint density at radius 1 is 1.14 bits per heavy atom. The summed E-state index contributed by atoms with van der Waals surface area (Å²) in [5.41, 5.74) is 2.66. The van der Waals surface area contributed by atoms with E-state index in [9.17, 15) is 10.1 Å². The number of thioether (sulfide) groups is 1. The average molecular weight is 391 g/mol. The van der Waals surface area contributed by atoms with Gasteiger partial charge in [0, 0.05) is 41.0 Å². The molecule has 1 heterocycles. The lowest BCUT2D eigenvalue weighted by Crippen LogP contribution is -2.11. The molecule has 0 unspecified atom stereocenters. The number of unbranched alkanes of at least 4 members (excludes halogenated alkanes) is 1. The van der Waals surface area contributed by atoms with Crippen LogP contribution in [0.5, 0.6) is 0 Å². The van der Waals surface area contributed by atoms with Crippen LogP contribution < -0.4 is 4.90 Å². The molecule has 0 fully saturated rings. The van der Waals surface area contributed by atoms with Crippen molar-refractivity contribution in [2.45, 2.75) is 24.2 Å². The third-order valence-corrected chi connectivity index (χ3v) is 5.70. The maximum atomic E-state index is 10.6. The lowest BCUT2D eigenvalue weighted by molar-refractivity contribution is -0.137. The van der Waals surface area contributed by atoms with E-state index in [0.717, 1.165) is 39.2 Å². The largest absolute Gasteiger partial charge is 0.481 e. The van der Waals surface area contributed by atoms with Crippen molar-refractivity contribution in [1.29, 1.82) is 5.26 Å². The number of carboxylic acids is 1. The van der Waals surface area contributed by atoms with Gasteiger partial charge in [0.25, 0.3) is 0 Å². The molecule has 1 N–H and O–H groups in total. The van der Waals surface area contributed by atoms with Crippen molar-refractivity contribution in [1.82, 2.24) is 4.98 Å². The molecule has 3 rings (SSSR count). The zero-order valence-corrected chi connectivity index (χ0v) is 16.4. The first kappa shape index (κ1) is 19.7. The molecule has 142 valence electrons. The Morgan fingerprint density at radius 3 is 2.68 bits per heavy atom. The monoisotopic (exact) mass is 391 g/mol. The lowest BCUT2D eigenvalue weighted by atomic mass is 10.0. The summed E-state index contributed by atoms with van der Waals surface area (Å²) in [5.74, 6) is 0.105. The Balaban J connectivity index is 1.86. The fourth-order valence-corrected chi connectivity index (χ4v) is 4.17. The molecule has 0 aliphatic rings. The molecule has 5 nitrogen and oxygen atoms in total. The van der Waals surface area contributed by atoms with Crippen LogP contribution in [-0.2, 0) is 4.79 Å². The molecule has 0 amide bonds. The summed E-state index contributed by atoms with van der Waals surface area (Å²) < 4.78 is 0. The Bertz CT molecular complexity index is 1030. The Kier molecular flexibility index (Phi) is 6.51. The molecule has 0 bridgehead atoms. The first-order valence-corrected chi connectivity index (χ1v) is 10.0. The average Bonchev–Trinajstić information content (AvgIpc) is 2.72. The highest BCUT2D eigenvalue weighted by Crippen LogP contribution is 2.37. The van der Waals surface area contributed by atoms with E-state index in [1.807, 2.05) is 55.7 Å². The number of anilines is 2. The quantitative estimate of drug-likeness (QED) is 0.419. The number of carbonyl (C=O) groups is 1. The van der Waals surface area contributed by atoms with E-state index in [-0.39, 0.29) is 6.42 Å². The predicted octanol–water partition coefficient (Wildman–Crippen LogP) is 5.22. The minimum absolute atomic E-state index is 0.209. The summed E-state index contributed by atoms with van der Waals surface area (Å²) in [7, 11) is 2.00. The molecular weight excluding hydrogens is 370 g/mol. The predicted molar refractivity (Wildman–Crippen MR) is 113 cm³/mol. The van der Waals surface area contributed by atoms with Gasteiger partial charge in [0.05, 0.1) is 23.5 Å². The molecule has 0 spiro atoms. The smallest absolute Gasteiger partial charge is 0.303 e. The van der Waals surface area contributed by atoms with E-state index < -0.39 is 5.97 Å². The van der Waals surface area contributed by atoms with Crippen LogP contribution in [0.15, 0.2) is 59.8 Å². The number of aliphatic carboxylic acids is 1. The van der Waals surface area contributed by atoms with Crippen LogP contribution in [-0.4, -0.2) is 28.9 Å². The molecule has 0 aliphatic carbocycles. The van der Waals surface area contributed by atoms with Crippen LogP contribution in [0.4, 0.5) is 11.4 Å². The minimum atomic E-state index is -0.748. The van der Waals surface area contributed by atoms with Gasteiger partial charge in [-0.3, -0.25) is 9.78 Å². The number of hydrogen-bond donors (Lipinski definition) is 1. The third kappa shape index (κ3) is 4.44.